The number of aliphatic imine (C=N–C) groups is 2. The predicted octanol–water partition coefficient (Wildman–Crippen LogP) is 4.29. The molecule has 0 aromatic carbocycles. The van der Waals surface area contributed by atoms with E-state index >= 15 is 0 Å². The Hall–Kier alpha value is -0.900. The molecule has 0 aromatic heterocycles. The molecule has 33 heavy (non-hydrogen) atoms. The zero-order valence-corrected chi connectivity index (χ0v) is 22.8. The van der Waals surface area contributed by atoms with Crippen LogP contribution in [0.2, 0.25) is 0 Å². The highest BCUT2D eigenvalue weighted by molar-refractivity contribution is 5.87. The van der Waals surface area contributed by atoms with Gasteiger partial charge in [-0.1, -0.05) is 0 Å². The van der Waals surface area contributed by atoms with Gasteiger partial charge in [-0.25, -0.2) is 0 Å². The van der Waals surface area contributed by atoms with Crippen LogP contribution in [-0.4, -0.2) is 91.0 Å². The van der Waals surface area contributed by atoms with E-state index in [9.17, 15) is 0 Å². The number of hydroxylamine groups is 4. The van der Waals surface area contributed by atoms with E-state index in [0.29, 0.717) is 33.1 Å². The second kappa shape index (κ2) is 11.2. The van der Waals surface area contributed by atoms with Gasteiger partial charge in [0.05, 0.1) is 40.6 Å². The summed E-state index contributed by atoms with van der Waals surface area (Å²) in [5, 5.41) is 4.18. The standard InChI is InChI=1S/C25H48N4O4/c1-22(2)15-20(16-23(3,4)28(22)30-9)26-11-12-32-13-14-33-19-27-21-17-24(5,6)29(31-10)25(7,8)18-21/h11-19H2,1-10H3. The number of rotatable bonds is 10. The van der Waals surface area contributed by atoms with Crippen molar-refractivity contribution in [2.75, 3.05) is 47.3 Å². The lowest BCUT2D eigenvalue weighted by molar-refractivity contribution is -0.250. The van der Waals surface area contributed by atoms with Crippen LogP contribution in [0.5, 0.6) is 0 Å². The molecule has 192 valence electrons. The lowest BCUT2D eigenvalue weighted by Gasteiger charge is -2.51. The van der Waals surface area contributed by atoms with Gasteiger partial charge in [-0.15, -0.1) is 0 Å². The maximum absolute atomic E-state index is 5.72. The van der Waals surface area contributed by atoms with Crippen molar-refractivity contribution in [3.05, 3.63) is 0 Å². The fraction of sp³-hybridized carbons (Fsp3) is 0.920. The quantitative estimate of drug-likeness (QED) is 0.446. The van der Waals surface area contributed by atoms with Crippen molar-refractivity contribution < 1.29 is 19.1 Å². The molecule has 0 radical (unpaired) electrons. The molecular formula is C25H48N4O4. The zero-order chi connectivity index (χ0) is 24.9. The largest absolute Gasteiger partial charge is 0.377 e. The topological polar surface area (TPSA) is 68.1 Å². The van der Waals surface area contributed by atoms with E-state index in [-0.39, 0.29) is 22.2 Å². The summed E-state index contributed by atoms with van der Waals surface area (Å²) in [6.45, 7) is 20.3. The van der Waals surface area contributed by atoms with Crippen LogP contribution in [-0.2, 0) is 19.1 Å². The number of hydrogen-bond donors (Lipinski definition) is 0. The molecule has 2 saturated heterocycles. The van der Waals surface area contributed by atoms with Crippen molar-refractivity contribution in [1.29, 1.82) is 0 Å². The molecule has 2 rings (SSSR count). The van der Waals surface area contributed by atoms with Gasteiger partial charge >= 0.3 is 0 Å². The Balaban J connectivity index is 1.67. The van der Waals surface area contributed by atoms with Crippen molar-refractivity contribution in [3.8, 4) is 0 Å². The Bertz CT molecular complexity index is 603. The van der Waals surface area contributed by atoms with Gasteiger partial charge < -0.3 is 19.1 Å². The second-order valence-electron chi connectivity index (χ2n) is 11.7. The van der Waals surface area contributed by atoms with Crippen LogP contribution in [0.15, 0.2) is 9.98 Å². The number of hydrogen-bond acceptors (Lipinski definition) is 8. The zero-order valence-electron chi connectivity index (χ0n) is 22.8. The second-order valence-corrected chi connectivity index (χ2v) is 11.7. The fourth-order valence-corrected chi connectivity index (χ4v) is 5.95. The van der Waals surface area contributed by atoms with Crippen LogP contribution in [0.3, 0.4) is 0 Å². The highest BCUT2D eigenvalue weighted by Gasteiger charge is 2.45. The van der Waals surface area contributed by atoms with Crippen LogP contribution in [0.25, 0.3) is 0 Å². The van der Waals surface area contributed by atoms with E-state index in [1.807, 2.05) is 0 Å². The third-order valence-corrected chi connectivity index (χ3v) is 6.43. The molecule has 0 aliphatic carbocycles. The van der Waals surface area contributed by atoms with Gasteiger partial charge in [0.2, 0.25) is 0 Å². The van der Waals surface area contributed by atoms with Gasteiger partial charge in [-0.05, 0) is 55.4 Å². The van der Waals surface area contributed by atoms with E-state index in [1.54, 1.807) is 14.2 Å². The number of piperidine rings is 2. The molecule has 0 bridgehead atoms. The monoisotopic (exact) mass is 468 g/mol. The maximum atomic E-state index is 5.72. The Labute approximate surface area is 201 Å². The summed E-state index contributed by atoms with van der Waals surface area (Å²) in [4.78, 5) is 20.8. The highest BCUT2D eigenvalue weighted by atomic mass is 16.7. The molecule has 0 unspecified atom stereocenters. The van der Waals surface area contributed by atoms with E-state index in [2.05, 4.69) is 65.5 Å². The summed E-state index contributed by atoms with van der Waals surface area (Å²) in [6.07, 6.45) is 3.56. The molecule has 8 nitrogen and oxygen atoms in total. The van der Waals surface area contributed by atoms with Crippen LogP contribution >= 0.6 is 0 Å². The van der Waals surface area contributed by atoms with Crippen LogP contribution in [0.1, 0.15) is 81.1 Å². The SMILES string of the molecule is CON1C(C)(C)CC(=NCCOCCOCN=C2CC(C)(C)N(OC)C(C)(C)C2)CC1(C)C. The Kier molecular flexibility index (Phi) is 9.64. The van der Waals surface area contributed by atoms with E-state index < -0.39 is 0 Å². The lowest BCUT2D eigenvalue weighted by atomic mass is 9.80. The maximum Gasteiger partial charge on any atom is 0.137 e. The van der Waals surface area contributed by atoms with Crippen LogP contribution in [0.4, 0.5) is 0 Å². The minimum Gasteiger partial charge on any atom is -0.377 e. The van der Waals surface area contributed by atoms with Crippen molar-refractivity contribution in [1.82, 2.24) is 10.1 Å². The lowest BCUT2D eigenvalue weighted by Crippen LogP contribution is -2.60. The average molecular weight is 469 g/mol. The first-order valence-corrected chi connectivity index (χ1v) is 12.1. The molecule has 0 amide bonds. The van der Waals surface area contributed by atoms with Gasteiger partial charge in [-0.3, -0.25) is 9.98 Å². The summed E-state index contributed by atoms with van der Waals surface area (Å²) in [5.74, 6) is 0. The first-order valence-electron chi connectivity index (χ1n) is 12.1. The molecule has 0 N–H and O–H groups in total. The van der Waals surface area contributed by atoms with E-state index in [4.69, 9.17) is 29.1 Å². The smallest absolute Gasteiger partial charge is 0.137 e. The van der Waals surface area contributed by atoms with Crippen molar-refractivity contribution in [2.24, 2.45) is 9.98 Å². The third-order valence-electron chi connectivity index (χ3n) is 6.43. The molecule has 0 atom stereocenters. The minimum atomic E-state index is -0.0927. The van der Waals surface area contributed by atoms with Gasteiger partial charge in [0.1, 0.15) is 6.73 Å². The van der Waals surface area contributed by atoms with Gasteiger partial charge in [0, 0.05) is 59.3 Å². The molecule has 2 aliphatic heterocycles. The van der Waals surface area contributed by atoms with Gasteiger partial charge in [0.15, 0.2) is 0 Å². The summed E-state index contributed by atoms with van der Waals surface area (Å²) in [7, 11) is 3.49. The van der Waals surface area contributed by atoms with Crippen LogP contribution < -0.4 is 0 Å². The predicted molar refractivity (Wildman–Crippen MR) is 134 cm³/mol. The van der Waals surface area contributed by atoms with E-state index in [0.717, 1.165) is 25.7 Å². The number of nitrogens with zero attached hydrogens (tertiary/aromatic N) is 4. The summed E-state index contributed by atoms with van der Waals surface area (Å²) in [6, 6.07) is 0. The Morgan fingerprint density at radius 1 is 0.606 bits per heavy atom. The molecule has 0 saturated carbocycles. The minimum absolute atomic E-state index is 0.0733. The first-order chi connectivity index (χ1) is 15.2. The van der Waals surface area contributed by atoms with Crippen molar-refractivity contribution in [3.63, 3.8) is 0 Å². The molecule has 2 aliphatic rings. The summed E-state index contributed by atoms with van der Waals surface area (Å²) >= 11 is 0. The van der Waals surface area contributed by atoms with E-state index in [1.165, 1.54) is 11.4 Å². The molecule has 0 aromatic rings. The molecule has 2 heterocycles. The summed E-state index contributed by atoms with van der Waals surface area (Å²) < 4.78 is 11.4. The Morgan fingerprint density at radius 3 is 1.42 bits per heavy atom. The van der Waals surface area contributed by atoms with Gasteiger partial charge in [-0.2, -0.15) is 10.1 Å². The van der Waals surface area contributed by atoms with Crippen molar-refractivity contribution >= 4 is 11.4 Å². The summed E-state index contributed by atoms with van der Waals surface area (Å²) in [5.41, 5.74) is 2.08. The molecule has 2 fully saturated rings. The highest BCUT2D eigenvalue weighted by Crippen LogP contribution is 2.37. The first kappa shape index (κ1) is 28.3. The Morgan fingerprint density at radius 2 is 1.00 bits per heavy atom. The van der Waals surface area contributed by atoms with Crippen molar-refractivity contribution in [2.45, 2.75) is 103 Å². The van der Waals surface area contributed by atoms with Crippen LogP contribution in [0, 0.1) is 0 Å². The fourth-order valence-electron chi connectivity index (χ4n) is 5.95. The van der Waals surface area contributed by atoms with Gasteiger partial charge in [0.25, 0.3) is 0 Å². The normalized spacial score (nSPS) is 24.7. The third kappa shape index (κ3) is 7.54. The molecule has 8 heteroatoms. The number of ether oxygens (including phenoxy) is 2. The molecule has 0 spiro atoms. The molecular weight excluding hydrogens is 420 g/mol. The average Bonchev–Trinajstić information content (AvgIpc) is 2.63.